The summed E-state index contributed by atoms with van der Waals surface area (Å²) in [5, 5.41) is 3.14. The van der Waals surface area contributed by atoms with Crippen LogP contribution in [0.15, 0.2) is 48.2 Å². The van der Waals surface area contributed by atoms with Crippen molar-refractivity contribution in [2.24, 2.45) is 0 Å². The number of ether oxygens (including phenoxy) is 3. The van der Waals surface area contributed by atoms with Crippen LogP contribution in [0.3, 0.4) is 0 Å². The zero-order valence-corrected chi connectivity index (χ0v) is 18.5. The third-order valence-electron chi connectivity index (χ3n) is 4.78. The number of carbonyl (C=O) groups excluding carboxylic acids is 2. The molecule has 3 rings (SSSR count). The molecule has 2 aromatic carbocycles. The molecule has 0 radical (unpaired) electrons. The highest BCUT2D eigenvalue weighted by Gasteiger charge is 2.39. The molecule has 1 aliphatic rings. The van der Waals surface area contributed by atoms with E-state index >= 15 is 0 Å². The first kappa shape index (κ1) is 22.2. The number of imide groups is 1. The summed E-state index contributed by atoms with van der Waals surface area (Å²) in [6.07, 6.45) is 0.736. The Labute approximate surface area is 182 Å². The minimum atomic E-state index is -0.348. The smallest absolute Gasteiger partial charge is 0.278 e. The summed E-state index contributed by atoms with van der Waals surface area (Å²) < 4.78 is 16.3. The maximum atomic E-state index is 13.2. The Balaban J connectivity index is 2.02. The number of rotatable bonds is 9. The highest BCUT2D eigenvalue weighted by Crippen LogP contribution is 2.35. The number of benzene rings is 2. The lowest BCUT2D eigenvalue weighted by molar-refractivity contribution is -0.136. The summed E-state index contributed by atoms with van der Waals surface area (Å²) in [6, 6.07) is 12.5. The Morgan fingerprint density at radius 3 is 2.19 bits per heavy atom. The first-order chi connectivity index (χ1) is 14.9. The Bertz CT molecular complexity index is 996. The summed E-state index contributed by atoms with van der Waals surface area (Å²) in [7, 11) is 3.07. The van der Waals surface area contributed by atoms with Crippen molar-refractivity contribution in [3.8, 4) is 17.2 Å². The van der Waals surface area contributed by atoms with Crippen LogP contribution in [0, 0.1) is 0 Å². The van der Waals surface area contributed by atoms with Crippen molar-refractivity contribution in [3.63, 3.8) is 0 Å². The summed E-state index contributed by atoms with van der Waals surface area (Å²) in [5.41, 5.74) is 1.81. The van der Waals surface area contributed by atoms with Crippen LogP contribution in [-0.2, 0) is 9.59 Å². The Kier molecular flexibility index (Phi) is 6.84. The van der Waals surface area contributed by atoms with Crippen molar-refractivity contribution in [1.82, 2.24) is 4.90 Å². The molecule has 1 aliphatic heterocycles. The average molecular weight is 424 g/mol. The van der Waals surface area contributed by atoms with E-state index in [0.717, 1.165) is 5.75 Å². The number of hydrogen-bond acceptors (Lipinski definition) is 6. The van der Waals surface area contributed by atoms with Gasteiger partial charge in [-0.25, -0.2) is 0 Å². The molecule has 164 valence electrons. The predicted octanol–water partition coefficient (Wildman–Crippen LogP) is 4.09. The van der Waals surface area contributed by atoms with Crippen LogP contribution in [0.1, 0.15) is 32.8 Å². The van der Waals surface area contributed by atoms with Gasteiger partial charge in [0.25, 0.3) is 11.8 Å². The van der Waals surface area contributed by atoms with Gasteiger partial charge in [0.1, 0.15) is 11.4 Å². The number of methoxy groups -OCH3 is 2. The van der Waals surface area contributed by atoms with E-state index < -0.39 is 0 Å². The van der Waals surface area contributed by atoms with Gasteiger partial charge in [-0.1, -0.05) is 13.0 Å². The molecule has 1 N–H and O–H groups in total. The minimum absolute atomic E-state index is 0.0646. The van der Waals surface area contributed by atoms with E-state index in [-0.39, 0.29) is 23.6 Å². The first-order valence-corrected chi connectivity index (χ1v) is 10.3. The molecule has 0 atom stereocenters. The second-order valence-corrected chi connectivity index (χ2v) is 7.40. The minimum Gasteiger partial charge on any atom is -0.493 e. The van der Waals surface area contributed by atoms with Gasteiger partial charge in [-0.15, -0.1) is 0 Å². The van der Waals surface area contributed by atoms with E-state index in [4.69, 9.17) is 14.2 Å². The molecule has 0 saturated heterocycles. The number of nitrogens with one attached hydrogen (secondary N) is 1. The normalized spacial score (nSPS) is 13.8. The highest BCUT2D eigenvalue weighted by molar-refractivity contribution is 6.36. The van der Waals surface area contributed by atoms with Crippen molar-refractivity contribution in [2.45, 2.75) is 33.3 Å². The van der Waals surface area contributed by atoms with Gasteiger partial charge in [-0.05, 0) is 62.2 Å². The second-order valence-electron chi connectivity index (χ2n) is 7.40. The van der Waals surface area contributed by atoms with Gasteiger partial charge in [-0.2, -0.15) is 0 Å². The van der Waals surface area contributed by atoms with E-state index in [1.165, 1.54) is 12.0 Å². The van der Waals surface area contributed by atoms with Crippen LogP contribution in [0.25, 0.3) is 5.57 Å². The quantitative estimate of drug-likeness (QED) is 0.611. The zero-order chi connectivity index (χ0) is 22.5. The van der Waals surface area contributed by atoms with E-state index in [1.54, 1.807) is 25.3 Å². The second kappa shape index (κ2) is 9.55. The van der Waals surface area contributed by atoms with Crippen molar-refractivity contribution < 1.29 is 23.8 Å². The first-order valence-electron chi connectivity index (χ1n) is 10.3. The van der Waals surface area contributed by atoms with Crippen LogP contribution in [0.5, 0.6) is 17.2 Å². The van der Waals surface area contributed by atoms with Gasteiger partial charge in [-0.3, -0.25) is 14.5 Å². The summed E-state index contributed by atoms with van der Waals surface area (Å²) in [6.45, 7) is 6.19. The van der Waals surface area contributed by atoms with Gasteiger partial charge in [0.15, 0.2) is 11.5 Å². The van der Waals surface area contributed by atoms with Crippen LogP contribution in [0.2, 0.25) is 0 Å². The molecule has 0 aromatic heterocycles. The van der Waals surface area contributed by atoms with E-state index in [2.05, 4.69) is 5.32 Å². The molecule has 0 bridgehead atoms. The zero-order valence-electron chi connectivity index (χ0n) is 18.5. The maximum absolute atomic E-state index is 13.2. The Hall–Kier alpha value is -3.48. The van der Waals surface area contributed by atoms with Crippen LogP contribution < -0.4 is 19.5 Å². The topological polar surface area (TPSA) is 77.1 Å². The van der Waals surface area contributed by atoms with Gasteiger partial charge >= 0.3 is 0 Å². The average Bonchev–Trinajstić information content (AvgIpc) is 2.98. The van der Waals surface area contributed by atoms with Crippen molar-refractivity contribution in [2.75, 3.05) is 26.1 Å². The molecule has 0 aliphatic carbocycles. The summed E-state index contributed by atoms with van der Waals surface area (Å²) in [4.78, 5) is 27.5. The molecule has 7 heteroatoms. The molecule has 2 aromatic rings. The van der Waals surface area contributed by atoms with Gasteiger partial charge in [0, 0.05) is 12.2 Å². The molecule has 0 saturated carbocycles. The molecule has 0 spiro atoms. The number of carbonyl (C=O) groups is 2. The fourth-order valence-electron chi connectivity index (χ4n) is 3.41. The van der Waals surface area contributed by atoms with Crippen molar-refractivity contribution in [1.29, 1.82) is 0 Å². The number of amides is 2. The third-order valence-corrected chi connectivity index (χ3v) is 4.78. The monoisotopic (exact) mass is 424 g/mol. The third kappa shape index (κ3) is 4.66. The van der Waals surface area contributed by atoms with Crippen molar-refractivity contribution in [3.05, 3.63) is 53.7 Å². The van der Waals surface area contributed by atoms with Gasteiger partial charge < -0.3 is 19.5 Å². The van der Waals surface area contributed by atoms with Crippen LogP contribution in [0.4, 0.5) is 5.69 Å². The lowest BCUT2D eigenvalue weighted by Crippen LogP contribution is -2.33. The molecule has 1 heterocycles. The number of anilines is 1. The Morgan fingerprint density at radius 1 is 0.935 bits per heavy atom. The molecule has 7 nitrogen and oxygen atoms in total. The fourth-order valence-corrected chi connectivity index (χ4v) is 3.41. The van der Waals surface area contributed by atoms with Crippen LogP contribution >= 0.6 is 0 Å². The molecule has 0 unspecified atom stereocenters. The summed E-state index contributed by atoms with van der Waals surface area (Å²) in [5.74, 6) is 1.08. The SMILES string of the molecule is CCCN1C(=O)C(Nc2ccc(OC(C)C)cc2)=C(c2ccc(OC)c(OC)c2)C1=O. The highest BCUT2D eigenvalue weighted by atomic mass is 16.5. The van der Waals surface area contributed by atoms with Crippen LogP contribution in [-0.4, -0.2) is 43.6 Å². The maximum Gasteiger partial charge on any atom is 0.278 e. The molecule has 0 fully saturated rings. The van der Waals surface area contributed by atoms with E-state index in [9.17, 15) is 9.59 Å². The Morgan fingerprint density at radius 2 is 1.61 bits per heavy atom. The van der Waals surface area contributed by atoms with E-state index in [1.807, 2.05) is 45.0 Å². The van der Waals surface area contributed by atoms with Crippen molar-refractivity contribution >= 4 is 23.1 Å². The van der Waals surface area contributed by atoms with Gasteiger partial charge in [0.05, 0.1) is 25.9 Å². The number of nitrogens with zero attached hydrogens (tertiary/aromatic N) is 1. The fraction of sp³-hybridized carbons (Fsp3) is 0.333. The largest absolute Gasteiger partial charge is 0.493 e. The predicted molar refractivity (Wildman–Crippen MR) is 119 cm³/mol. The van der Waals surface area contributed by atoms with E-state index in [0.29, 0.717) is 41.3 Å². The molecular weight excluding hydrogens is 396 g/mol. The molecular formula is C24H28N2O5. The van der Waals surface area contributed by atoms with Gasteiger partial charge in [0.2, 0.25) is 0 Å². The molecule has 31 heavy (non-hydrogen) atoms. The summed E-state index contributed by atoms with van der Waals surface area (Å²) >= 11 is 0. The number of hydrogen-bond donors (Lipinski definition) is 1. The lowest BCUT2D eigenvalue weighted by atomic mass is 10.0. The standard InChI is InChI=1S/C24H28N2O5/c1-6-13-26-23(27)21(16-7-12-19(29-4)20(14-16)30-5)22(24(26)28)25-17-8-10-18(11-9-17)31-15(2)3/h7-12,14-15,25H,6,13H2,1-5H3. The lowest BCUT2D eigenvalue weighted by Gasteiger charge is -2.14. The molecule has 2 amide bonds.